The van der Waals surface area contributed by atoms with E-state index in [9.17, 15) is 4.79 Å². The van der Waals surface area contributed by atoms with Gasteiger partial charge in [-0.05, 0) is 48.4 Å². The predicted molar refractivity (Wildman–Crippen MR) is 96.1 cm³/mol. The van der Waals surface area contributed by atoms with Gasteiger partial charge in [-0.25, -0.2) is 0 Å². The fourth-order valence-corrected chi connectivity index (χ4v) is 3.97. The molecule has 1 saturated heterocycles. The minimum atomic E-state index is 0.0593. The number of piperidine rings is 1. The molecule has 0 bridgehead atoms. The largest absolute Gasteiger partial charge is 0.373 e. The van der Waals surface area contributed by atoms with E-state index in [2.05, 4.69) is 23.2 Å². The minimum Gasteiger partial charge on any atom is -0.373 e. The zero-order chi connectivity index (χ0) is 17.1. The van der Waals surface area contributed by atoms with E-state index in [0.717, 1.165) is 44.3 Å². The second kappa shape index (κ2) is 7.36. The highest BCUT2D eigenvalue weighted by molar-refractivity contribution is 5.85. The maximum atomic E-state index is 12.9. The number of carbonyl (C=O) groups excluding carboxylic acids is 1. The van der Waals surface area contributed by atoms with Crippen LogP contribution in [0, 0.1) is 0 Å². The van der Waals surface area contributed by atoms with E-state index < -0.39 is 0 Å². The number of aryl methyl sites for hydroxylation is 1. The number of aromatic nitrogens is 1. The SMILES string of the molecule is O=C(C1CCc2ccccc21)N1CCC(OCc2cccnc2)CC1. The molecule has 2 aromatic rings. The van der Waals surface area contributed by atoms with Crippen LogP contribution in [0.3, 0.4) is 0 Å². The highest BCUT2D eigenvalue weighted by Gasteiger charge is 2.33. The van der Waals surface area contributed by atoms with Crippen LogP contribution in [0.4, 0.5) is 0 Å². The fraction of sp³-hybridized carbons (Fsp3) is 0.429. The Hall–Kier alpha value is -2.20. The van der Waals surface area contributed by atoms with Crippen molar-refractivity contribution in [2.45, 2.75) is 44.3 Å². The normalized spacial score (nSPS) is 20.5. The van der Waals surface area contributed by atoms with Gasteiger partial charge in [0.2, 0.25) is 5.91 Å². The van der Waals surface area contributed by atoms with Gasteiger partial charge in [-0.2, -0.15) is 0 Å². The van der Waals surface area contributed by atoms with Crippen molar-refractivity contribution < 1.29 is 9.53 Å². The molecular weight excluding hydrogens is 312 g/mol. The van der Waals surface area contributed by atoms with Gasteiger partial charge in [0.25, 0.3) is 0 Å². The Morgan fingerprint density at radius 1 is 1.12 bits per heavy atom. The number of ether oxygens (including phenoxy) is 1. The van der Waals surface area contributed by atoms with E-state index in [1.165, 1.54) is 11.1 Å². The standard InChI is InChI=1S/C21H24N2O2/c24-21(20-8-7-17-5-1-2-6-19(17)20)23-12-9-18(10-13-23)25-15-16-4-3-11-22-14-16/h1-6,11,14,18,20H,7-10,12-13,15H2. The molecule has 2 aliphatic rings. The molecule has 1 atom stereocenters. The molecule has 0 spiro atoms. The summed E-state index contributed by atoms with van der Waals surface area (Å²) in [6, 6.07) is 12.3. The van der Waals surface area contributed by atoms with Crippen molar-refractivity contribution in [2.24, 2.45) is 0 Å². The van der Waals surface area contributed by atoms with E-state index in [0.29, 0.717) is 12.5 Å². The smallest absolute Gasteiger partial charge is 0.230 e. The molecule has 1 aromatic heterocycles. The molecule has 2 heterocycles. The molecule has 4 rings (SSSR count). The molecule has 1 aliphatic heterocycles. The summed E-state index contributed by atoms with van der Waals surface area (Å²) in [6.45, 7) is 2.20. The highest BCUT2D eigenvalue weighted by Crippen LogP contribution is 2.34. The maximum Gasteiger partial charge on any atom is 0.230 e. The molecule has 0 saturated carbocycles. The first kappa shape index (κ1) is 16.3. The van der Waals surface area contributed by atoms with Crippen LogP contribution in [0.25, 0.3) is 0 Å². The lowest BCUT2D eigenvalue weighted by Crippen LogP contribution is -2.42. The van der Waals surface area contributed by atoms with Crippen molar-refractivity contribution in [1.82, 2.24) is 9.88 Å². The average Bonchev–Trinajstić information content (AvgIpc) is 3.11. The summed E-state index contributed by atoms with van der Waals surface area (Å²) in [5, 5.41) is 0. The number of likely N-dealkylation sites (tertiary alicyclic amines) is 1. The summed E-state index contributed by atoms with van der Waals surface area (Å²) in [5.41, 5.74) is 3.68. The Morgan fingerprint density at radius 2 is 1.96 bits per heavy atom. The van der Waals surface area contributed by atoms with E-state index in [4.69, 9.17) is 4.74 Å². The summed E-state index contributed by atoms with van der Waals surface area (Å²) in [7, 11) is 0. The number of carbonyl (C=O) groups is 1. The molecular formula is C21H24N2O2. The van der Waals surface area contributed by atoms with Crippen LogP contribution in [0.5, 0.6) is 0 Å². The van der Waals surface area contributed by atoms with E-state index >= 15 is 0 Å². The number of amides is 1. The third-order valence-corrected chi connectivity index (χ3v) is 5.39. The average molecular weight is 336 g/mol. The summed E-state index contributed by atoms with van der Waals surface area (Å²) in [6.07, 6.45) is 7.67. The maximum absolute atomic E-state index is 12.9. The first-order chi connectivity index (χ1) is 12.3. The lowest BCUT2D eigenvalue weighted by Gasteiger charge is -2.33. The molecule has 4 nitrogen and oxygen atoms in total. The van der Waals surface area contributed by atoms with Crippen molar-refractivity contribution in [1.29, 1.82) is 0 Å². The van der Waals surface area contributed by atoms with Gasteiger partial charge in [-0.3, -0.25) is 9.78 Å². The Labute approximate surface area is 148 Å². The van der Waals surface area contributed by atoms with Crippen molar-refractivity contribution in [2.75, 3.05) is 13.1 Å². The molecule has 4 heteroatoms. The summed E-state index contributed by atoms with van der Waals surface area (Å²) in [5.74, 6) is 0.361. The van der Waals surface area contributed by atoms with E-state index in [1.54, 1.807) is 6.20 Å². The molecule has 0 N–H and O–H groups in total. The summed E-state index contributed by atoms with van der Waals surface area (Å²) >= 11 is 0. The molecule has 1 fully saturated rings. The zero-order valence-electron chi connectivity index (χ0n) is 14.4. The number of rotatable bonds is 4. The topological polar surface area (TPSA) is 42.4 Å². The monoisotopic (exact) mass is 336 g/mol. The van der Waals surface area contributed by atoms with Crippen molar-refractivity contribution in [3.8, 4) is 0 Å². The van der Waals surface area contributed by atoms with Crippen molar-refractivity contribution >= 4 is 5.91 Å². The molecule has 1 amide bonds. The molecule has 0 radical (unpaired) electrons. The van der Waals surface area contributed by atoms with Crippen LogP contribution in [0.2, 0.25) is 0 Å². The van der Waals surface area contributed by atoms with E-state index in [1.807, 2.05) is 29.3 Å². The molecule has 130 valence electrons. The Kier molecular flexibility index (Phi) is 4.79. The molecule has 1 aromatic carbocycles. The van der Waals surface area contributed by atoms with Gasteiger partial charge >= 0.3 is 0 Å². The third-order valence-electron chi connectivity index (χ3n) is 5.39. The number of nitrogens with zero attached hydrogens (tertiary/aromatic N) is 2. The van der Waals surface area contributed by atoms with Gasteiger partial charge in [0, 0.05) is 25.5 Å². The lowest BCUT2D eigenvalue weighted by atomic mass is 9.98. The zero-order valence-corrected chi connectivity index (χ0v) is 14.4. The quantitative estimate of drug-likeness (QED) is 0.860. The lowest BCUT2D eigenvalue weighted by molar-refractivity contribution is -0.135. The third kappa shape index (κ3) is 3.59. The molecule has 1 aliphatic carbocycles. The fourth-order valence-electron chi connectivity index (χ4n) is 3.97. The van der Waals surface area contributed by atoms with Crippen LogP contribution in [0.1, 0.15) is 41.9 Å². The summed E-state index contributed by atoms with van der Waals surface area (Å²) < 4.78 is 6.00. The highest BCUT2D eigenvalue weighted by atomic mass is 16.5. The van der Waals surface area contributed by atoms with Crippen molar-refractivity contribution in [3.63, 3.8) is 0 Å². The Balaban J connectivity index is 1.29. The van der Waals surface area contributed by atoms with Crippen LogP contribution in [-0.2, 0) is 22.6 Å². The Bertz CT molecular complexity index is 724. The van der Waals surface area contributed by atoms with E-state index in [-0.39, 0.29) is 12.0 Å². The van der Waals surface area contributed by atoms with Crippen LogP contribution in [-0.4, -0.2) is 35.0 Å². The van der Waals surface area contributed by atoms with Gasteiger partial charge in [0.15, 0.2) is 0 Å². The number of benzene rings is 1. The van der Waals surface area contributed by atoms with Gasteiger partial charge in [0.1, 0.15) is 0 Å². The molecule has 25 heavy (non-hydrogen) atoms. The van der Waals surface area contributed by atoms with Crippen molar-refractivity contribution in [3.05, 3.63) is 65.5 Å². The number of hydrogen-bond donors (Lipinski definition) is 0. The van der Waals surface area contributed by atoms with Gasteiger partial charge in [0.05, 0.1) is 18.6 Å². The second-order valence-electron chi connectivity index (χ2n) is 6.99. The number of hydrogen-bond acceptors (Lipinski definition) is 3. The van der Waals surface area contributed by atoms with Gasteiger partial charge in [-0.15, -0.1) is 0 Å². The van der Waals surface area contributed by atoms with Crippen LogP contribution >= 0.6 is 0 Å². The van der Waals surface area contributed by atoms with Crippen LogP contribution in [0.15, 0.2) is 48.8 Å². The first-order valence-corrected chi connectivity index (χ1v) is 9.18. The number of fused-ring (bicyclic) bond motifs is 1. The van der Waals surface area contributed by atoms with Gasteiger partial charge < -0.3 is 9.64 Å². The summed E-state index contributed by atoms with van der Waals surface area (Å²) in [4.78, 5) is 19.1. The minimum absolute atomic E-state index is 0.0593. The predicted octanol–water partition coefficient (Wildman–Crippen LogP) is 3.32. The number of pyridine rings is 1. The van der Waals surface area contributed by atoms with Crippen LogP contribution < -0.4 is 0 Å². The molecule has 1 unspecified atom stereocenters. The Morgan fingerprint density at radius 3 is 2.76 bits per heavy atom. The first-order valence-electron chi connectivity index (χ1n) is 9.18. The second-order valence-corrected chi connectivity index (χ2v) is 6.99. The van der Waals surface area contributed by atoms with Gasteiger partial charge in [-0.1, -0.05) is 30.3 Å².